The van der Waals surface area contributed by atoms with E-state index in [1.807, 2.05) is 44.2 Å². The van der Waals surface area contributed by atoms with Crippen LogP contribution in [-0.4, -0.2) is 33.1 Å². The molecule has 0 unspecified atom stereocenters. The first-order valence-corrected chi connectivity index (χ1v) is 10.4. The van der Waals surface area contributed by atoms with Gasteiger partial charge in [0, 0.05) is 6.42 Å². The molecule has 0 fully saturated rings. The lowest BCUT2D eigenvalue weighted by molar-refractivity contribution is -0.113. The van der Waals surface area contributed by atoms with E-state index >= 15 is 0 Å². The summed E-state index contributed by atoms with van der Waals surface area (Å²) in [7, 11) is 0. The van der Waals surface area contributed by atoms with Gasteiger partial charge in [-0.2, -0.15) is 4.68 Å². The molecule has 0 aliphatic rings. The van der Waals surface area contributed by atoms with Crippen molar-refractivity contribution in [3.63, 3.8) is 0 Å². The molecule has 0 radical (unpaired) electrons. The summed E-state index contributed by atoms with van der Waals surface area (Å²) >= 11 is 1.04. The summed E-state index contributed by atoms with van der Waals surface area (Å²) in [6.45, 7) is 4.36. The number of nitrogens with zero attached hydrogens (tertiary/aromatic N) is 3. The molecule has 1 amide bonds. The number of para-hydroxylation sites is 2. The van der Waals surface area contributed by atoms with E-state index in [1.165, 1.54) is 0 Å². The smallest absolute Gasteiger partial charge is 0.294 e. The van der Waals surface area contributed by atoms with Crippen LogP contribution in [0.3, 0.4) is 0 Å². The Kier molecular flexibility index (Phi) is 7.08. The van der Waals surface area contributed by atoms with Crippen molar-refractivity contribution in [2.45, 2.75) is 25.4 Å². The number of carbonyl (C=O) groups excluding carboxylic acids is 1. The molecule has 3 rings (SSSR count). The van der Waals surface area contributed by atoms with Gasteiger partial charge in [0.2, 0.25) is 11.1 Å². The van der Waals surface area contributed by atoms with Crippen LogP contribution in [0, 0.1) is 6.92 Å². The predicted molar refractivity (Wildman–Crippen MR) is 117 cm³/mol. The van der Waals surface area contributed by atoms with E-state index in [9.17, 15) is 9.59 Å². The lowest BCUT2D eigenvalue weighted by Gasteiger charge is -2.11. The van der Waals surface area contributed by atoms with Crippen LogP contribution >= 0.6 is 11.8 Å². The number of hydrogen-bond acceptors (Lipinski definition) is 7. The molecule has 9 heteroatoms. The van der Waals surface area contributed by atoms with Gasteiger partial charge in [0.1, 0.15) is 11.4 Å². The molecular weight excluding hydrogens is 402 g/mol. The summed E-state index contributed by atoms with van der Waals surface area (Å²) in [6.07, 6.45) is 0.336. The largest absolute Gasteiger partial charge is 0.492 e. The lowest BCUT2D eigenvalue weighted by Crippen LogP contribution is -2.34. The fraction of sp³-hybridized carbons (Fsp3) is 0.238. The second kappa shape index (κ2) is 9.93. The first-order valence-electron chi connectivity index (χ1n) is 9.41. The number of carbonyl (C=O) groups is 1. The van der Waals surface area contributed by atoms with Crippen molar-refractivity contribution < 1.29 is 9.53 Å². The number of nitrogens with two attached hydrogens (primary N) is 1. The van der Waals surface area contributed by atoms with Crippen LogP contribution in [0.4, 0.5) is 5.69 Å². The van der Waals surface area contributed by atoms with Gasteiger partial charge in [-0.05, 0) is 31.5 Å². The first kappa shape index (κ1) is 21.4. The average Bonchev–Trinajstić information content (AvgIpc) is 2.74. The Hall–Kier alpha value is -3.33. The molecule has 1 heterocycles. The van der Waals surface area contributed by atoms with Gasteiger partial charge in [0.05, 0.1) is 18.0 Å². The summed E-state index contributed by atoms with van der Waals surface area (Å²) in [4.78, 5) is 24.8. The molecule has 2 aromatic carbocycles. The van der Waals surface area contributed by atoms with Crippen LogP contribution in [0.25, 0.3) is 0 Å². The highest BCUT2D eigenvalue weighted by molar-refractivity contribution is 7.99. The van der Waals surface area contributed by atoms with Gasteiger partial charge in [0.25, 0.3) is 5.56 Å². The van der Waals surface area contributed by atoms with Crippen molar-refractivity contribution in [3.05, 3.63) is 75.7 Å². The number of nitrogen functional groups attached to an aromatic ring is 1. The molecule has 3 aromatic rings. The van der Waals surface area contributed by atoms with Crippen molar-refractivity contribution in [1.82, 2.24) is 14.9 Å². The lowest BCUT2D eigenvalue weighted by atomic mass is 10.1. The Morgan fingerprint density at radius 2 is 1.90 bits per heavy atom. The van der Waals surface area contributed by atoms with E-state index < -0.39 is 5.56 Å². The second-order valence-corrected chi connectivity index (χ2v) is 7.48. The molecule has 0 spiro atoms. The summed E-state index contributed by atoms with van der Waals surface area (Å²) in [5.74, 6) is 6.23. The van der Waals surface area contributed by atoms with Crippen molar-refractivity contribution in [3.8, 4) is 5.75 Å². The molecule has 0 atom stereocenters. The molecule has 8 nitrogen and oxygen atoms in total. The monoisotopic (exact) mass is 425 g/mol. The van der Waals surface area contributed by atoms with Crippen molar-refractivity contribution in [1.29, 1.82) is 0 Å². The maximum absolute atomic E-state index is 12.5. The standard InChI is InChI=1S/C21H23N5O3S/c1-3-29-18-7-5-4-6-16(18)23-19(27)13-30-21-25-24-17(20(28)26(21)22)12-15-10-8-14(2)9-11-15/h4-11H,3,12-13,22H2,1-2H3,(H,23,27). The minimum Gasteiger partial charge on any atom is -0.492 e. The summed E-state index contributed by atoms with van der Waals surface area (Å²) in [5, 5.41) is 11.0. The Bertz CT molecular complexity index is 1080. The number of anilines is 1. The Labute approximate surface area is 178 Å². The number of aryl methyl sites for hydroxylation is 1. The first-order chi connectivity index (χ1) is 14.5. The van der Waals surface area contributed by atoms with Gasteiger partial charge >= 0.3 is 0 Å². The Morgan fingerprint density at radius 3 is 2.63 bits per heavy atom. The fourth-order valence-electron chi connectivity index (χ4n) is 2.70. The molecule has 0 aliphatic carbocycles. The zero-order valence-corrected chi connectivity index (χ0v) is 17.6. The minimum atomic E-state index is -0.435. The molecule has 30 heavy (non-hydrogen) atoms. The summed E-state index contributed by atoms with van der Waals surface area (Å²) in [5.41, 5.74) is 2.47. The number of aromatic nitrogens is 3. The molecule has 0 bridgehead atoms. The third-order valence-corrected chi connectivity index (χ3v) is 5.16. The van der Waals surface area contributed by atoms with Crippen LogP contribution in [0.5, 0.6) is 5.75 Å². The van der Waals surface area contributed by atoms with Crippen LogP contribution in [0.2, 0.25) is 0 Å². The molecule has 0 saturated carbocycles. The fourth-order valence-corrected chi connectivity index (χ4v) is 3.35. The molecule has 0 saturated heterocycles. The van der Waals surface area contributed by atoms with E-state index in [4.69, 9.17) is 10.6 Å². The van der Waals surface area contributed by atoms with E-state index in [0.29, 0.717) is 24.5 Å². The maximum Gasteiger partial charge on any atom is 0.294 e. The SMILES string of the molecule is CCOc1ccccc1NC(=O)CSc1nnc(Cc2ccc(C)cc2)c(=O)n1N. The Balaban J connectivity index is 1.64. The number of nitrogens with one attached hydrogen (secondary N) is 1. The molecule has 0 aliphatic heterocycles. The normalized spacial score (nSPS) is 10.6. The van der Waals surface area contributed by atoms with Gasteiger partial charge in [-0.1, -0.05) is 53.7 Å². The third-order valence-electron chi connectivity index (χ3n) is 4.21. The highest BCUT2D eigenvalue weighted by atomic mass is 32.2. The average molecular weight is 426 g/mol. The van der Waals surface area contributed by atoms with Gasteiger partial charge in [0.15, 0.2) is 0 Å². The quantitative estimate of drug-likeness (QED) is 0.421. The Morgan fingerprint density at radius 1 is 1.17 bits per heavy atom. The van der Waals surface area contributed by atoms with E-state index in [2.05, 4.69) is 15.5 Å². The minimum absolute atomic E-state index is 0.0170. The number of ether oxygens (including phenoxy) is 1. The van der Waals surface area contributed by atoms with Crippen LogP contribution in [-0.2, 0) is 11.2 Å². The predicted octanol–water partition coefficient (Wildman–Crippen LogP) is 2.38. The number of thioether (sulfide) groups is 1. The van der Waals surface area contributed by atoms with Crippen LogP contribution < -0.4 is 21.5 Å². The second-order valence-electron chi connectivity index (χ2n) is 6.53. The van der Waals surface area contributed by atoms with Gasteiger partial charge < -0.3 is 15.9 Å². The van der Waals surface area contributed by atoms with Crippen molar-refractivity contribution in [2.75, 3.05) is 23.5 Å². The molecule has 1 aromatic heterocycles. The zero-order chi connectivity index (χ0) is 21.5. The number of hydrogen-bond donors (Lipinski definition) is 2. The zero-order valence-electron chi connectivity index (χ0n) is 16.8. The van der Waals surface area contributed by atoms with E-state index in [1.54, 1.807) is 18.2 Å². The van der Waals surface area contributed by atoms with Crippen LogP contribution in [0.1, 0.15) is 23.7 Å². The van der Waals surface area contributed by atoms with Crippen molar-refractivity contribution >= 4 is 23.4 Å². The number of benzene rings is 2. The number of amides is 1. The molecule has 3 N–H and O–H groups in total. The third kappa shape index (κ3) is 5.38. The highest BCUT2D eigenvalue weighted by Crippen LogP contribution is 2.24. The van der Waals surface area contributed by atoms with E-state index in [0.717, 1.165) is 27.6 Å². The maximum atomic E-state index is 12.5. The van der Waals surface area contributed by atoms with Gasteiger partial charge in [-0.25, -0.2) is 0 Å². The molecular formula is C21H23N5O3S. The summed E-state index contributed by atoms with van der Waals surface area (Å²) < 4.78 is 6.43. The number of rotatable bonds is 8. The highest BCUT2D eigenvalue weighted by Gasteiger charge is 2.14. The van der Waals surface area contributed by atoms with Gasteiger partial charge in [-0.15, -0.1) is 10.2 Å². The van der Waals surface area contributed by atoms with Crippen molar-refractivity contribution in [2.24, 2.45) is 0 Å². The van der Waals surface area contributed by atoms with E-state index in [-0.39, 0.29) is 22.5 Å². The summed E-state index contributed by atoms with van der Waals surface area (Å²) in [6, 6.07) is 15.0. The topological polar surface area (TPSA) is 112 Å². The van der Waals surface area contributed by atoms with Crippen LogP contribution in [0.15, 0.2) is 58.5 Å². The van der Waals surface area contributed by atoms with Gasteiger partial charge in [-0.3, -0.25) is 9.59 Å². The molecule has 156 valence electrons.